The topological polar surface area (TPSA) is 117 Å². The molecule has 0 saturated carbocycles. The minimum absolute atomic E-state index is 0.0261. The molecule has 9 nitrogen and oxygen atoms in total. The molecule has 0 aliphatic carbocycles. The molecule has 1 unspecified atom stereocenters. The first-order valence-electron chi connectivity index (χ1n) is 10.3. The fourth-order valence-corrected chi connectivity index (χ4v) is 6.50. The largest absolute Gasteiger partial charge is 0.379 e. The van der Waals surface area contributed by atoms with Crippen LogP contribution in [0.5, 0.6) is 0 Å². The Labute approximate surface area is 187 Å². The van der Waals surface area contributed by atoms with Crippen LogP contribution in [-0.4, -0.2) is 81.1 Å². The lowest BCUT2D eigenvalue weighted by atomic mass is 9.95. The molecular weight excluding hydrogens is 440 g/mol. The van der Waals surface area contributed by atoms with Crippen molar-refractivity contribution in [2.24, 2.45) is 0 Å². The van der Waals surface area contributed by atoms with Crippen LogP contribution in [0.4, 0.5) is 5.69 Å². The molecule has 2 fully saturated rings. The van der Waals surface area contributed by atoms with Gasteiger partial charge in [-0.05, 0) is 43.4 Å². The van der Waals surface area contributed by atoms with Crippen LogP contribution in [0, 0.1) is 0 Å². The Morgan fingerprint density at radius 3 is 2.48 bits per heavy atom. The lowest BCUT2D eigenvalue weighted by Gasteiger charge is -2.43. The Kier molecular flexibility index (Phi) is 7.98. The number of ether oxygens (including phenoxy) is 1. The van der Waals surface area contributed by atoms with E-state index in [1.807, 2.05) is 11.8 Å². The molecule has 0 spiro atoms. The van der Waals surface area contributed by atoms with Crippen molar-refractivity contribution in [3.63, 3.8) is 0 Å². The Morgan fingerprint density at radius 1 is 1.23 bits per heavy atom. The number of hydrogen-bond donors (Lipinski definition) is 3. The molecule has 2 heterocycles. The van der Waals surface area contributed by atoms with Crippen molar-refractivity contribution < 1.29 is 22.7 Å². The predicted octanol–water partition coefficient (Wildman–Crippen LogP) is 0.636. The van der Waals surface area contributed by atoms with Crippen LogP contribution in [0.3, 0.4) is 0 Å². The number of benzene rings is 1. The van der Waals surface area contributed by atoms with E-state index in [2.05, 4.69) is 20.3 Å². The number of morpholine rings is 1. The number of carbonyl (C=O) groups is 2. The predicted molar refractivity (Wildman–Crippen MR) is 121 cm³/mol. The maximum Gasteiger partial charge on any atom is 0.241 e. The van der Waals surface area contributed by atoms with Crippen LogP contribution in [0.25, 0.3) is 0 Å². The van der Waals surface area contributed by atoms with Gasteiger partial charge in [-0.15, -0.1) is 0 Å². The summed E-state index contributed by atoms with van der Waals surface area (Å²) in [4.78, 5) is 26.2. The van der Waals surface area contributed by atoms with Crippen LogP contribution in [0.15, 0.2) is 29.2 Å². The van der Waals surface area contributed by atoms with E-state index in [0.29, 0.717) is 25.4 Å². The highest BCUT2D eigenvalue weighted by atomic mass is 32.2. The van der Waals surface area contributed by atoms with Gasteiger partial charge in [0.05, 0.1) is 24.2 Å². The molecule has 2 aliphatic rings. The number of nitrogens with zero attached hydrogens (tertiary/aromatic N) is 1. The van der Waals surface area contributed by atoms with Crippen LogP contribution in [-0.2, 0) is 24.3 Å². The Hall–Kier alpha value is -1.66. The third kappa shape index (κ3) is 6.19. The first-order chi connectivity index (χ1) is 14.7. The smallest absolute Gasteiger partial charge is 0.241 e. The Balaban J connectivity index is 1.58. The van der Waals surface area contributed by atoms with Gasteiger partial charge < -0.3 is 15.4 Å². The Bertz CT molecular complexity index is 879. The zero-order chi connectivity index (χ0) is 22.5. The molecule has 0 aromatic heterocycles. The molecule has 2 atom stereocenters. The first-order valence-corrected chi connectivity index (χ1v) is 12.9. The Morgan fingerprint density at radius 2 is 1.90 bits per heavy atom. The molecule has 0 bridgehead atoms. The standard InChI is InChI=1S/C20H30N4O5S2/c1-15(23-31(27,28)18-5-3-17(4-6-18)22-16(2)25)19(26)21-13-20(7-12-30-14-20)24-8-10-29-11-9-24/h3-6,15,23H,7-14H2,1-2H3,(H,21,26)(H,22,25)/t15-,20?/m0/s1. The van der Waals surface area contributed by atoms with Gasteiger partial charge in [-0.3, -0.25) is 14.5 Å². The summed E-state index contributed by atoms with van der Waals surface area (Å²) in [5, 5.41) is 5.54. The lowest BCUT2D eigenvalue weighted by Crippen LogP contribution is -2.60. The normalized spacial score (nSPS) is 23.3. The van der Waals surface area contributed by atoms with Gasteiger partial charge in [0, 0.05) is 43.5 Å². The number of hydrogen-bond acceptors (Lipinski definition) is 7. The number of nitrogens with one attached hydrogen (secondary N) is 3. The van der Waals surface area contributed by atoms with Gasteiger partial charge >= 0.3 is 0 Å². The van der Waals surface area contributed by atoms with Crippen LogP contribution >= 0.6 is 11.8 Å². The van der Waals surface area contributed by atoms with E-state index >= 15 is 0 Å². The third-order valence-electron chi connectivity index (χ3n) is 5.57. The summed E-state index contributed by atoms with van der Waals surface area (Å²) in [7, 11) is -3.88. The van der Waals surface area contributed by atoms with Crippen molar-refractivity contribution in [2.75, 3.05) is 49.7 Å². The molecule has 2 saturated heterocycles. The molecule has 172 valence electrons. The minimum Gasteiger partial charge on any atom is -0.379 e. The molecule has 3 N–H and O–H groups in total. The zero-order valence-electron chi connectivity index (χ0n) is 17.8. The molecular formula is C20H30N4O5S2. The van der Waals surface area contributed by atoms with E-state index in [1.165, 1.54) is 38.1 Å². The van der Waals surface area contributed by atoms with Crippen molar-refractivity contribution in [3.8, 4) is 0 Å². The molecule has 1 aromatic rings. The summed E-state index contributed by atoms with van der Waals surface area (Å²) < 4.78 is 33.2. The summed E-state index contributed by atoms with van der Waals surface area (Å²) in [6, 6.07) is 4.87. The SMILES string of the molecule is CC(=O)Nc1ccc(S(=O)(=O)N[C@@H](C)C(=O)NCC2(N3CCOCC3)CCSC2)cc1. The van der Waals surface area contributed by atoms with E-state index in [9.17, 15) is 18.0 Å². The molecule has 1 aromatic carbocycles. The van der Waals surface area contributed by atoms with Gasteiger partial charge in [-0.25, -0.2) is 8.42 Å². The summed E-state index contributed by atoms with van der Waals surface area (Å²) >= 11 is 1.88. The highest BCUT2D eigenvalue weighted by Gasteiger charge is 2.41. The summed E-state index contributed by atoms with van der Waals surface area (Å²) in [5.41, 5.74) is 0.391. The van der Waals surface area contributed by atoms with Gasteiger partial charge in [0.2, 0.25) is 21.8 Å². The average Bonchev–Trinajstić information content (AvgIpc) is 3.22. The second-order valence-electron chi connectivity index (χ2n) is 7.89. The van der Waals surface area contributed by atoms with Gasteiger partial charge in [-0.1, -0.05) is 0 Å². The van der Waals surface area contributed by atoms with E-state index in [0.717, 1.165) is 31.0 Å². The zero-order valence-corrected chi connectivity index (χ0v) is 19.5. The highest BCUT2D eigenvalue weighted by Crippen LogP contribution is 2.33. The molecule has 2 amide bonds. The van der Waals surface area contributed by atoms with Crippen molar-refractivity contribution in [1.29, 1.82) is 0 Å². The summed E-state index contributed by atoms with van der Waals surface area (Å²) in [5.74, 6) is 1.38. The van der Waals surface area contributed by atoms with Gasteiger partial charge in [0.1, 0.15) is 0 Å². The van der Waals surface area contributed by atoms with Gasteiger partial charge in [-0.2, -0.15) is 16.5 Å². The third-order valence-corrected chi connectivity index (χ3v) is 8.36. The molecule has 11 heteroatoms. The maximum absolute atomic E-state index is 12.7. The number of sulfonamides is 1. The number of carbonyl (C=O) groups excluding carboxylic acids is 2. The number of amides is 2. The fraction of sp³-hybridized carbons (Fsp3) is 0.600. The minimum atomic E-state index is -3.88. The van der Waals surface area contributed by atoms with Gasteiger partial charge in [0.15, 0.2) is 0 Å². The average molecular weight is 471 g/mol. The summed E-state index contributed by atoms with van der Waals surface area (Å²) in [6.07, 6.45) is 0.985. The second kappa shape index (κ2) is 10.3. The molecule has 2 aliphatic heterocycles. The van der Waals surface area contributed by atoms with E-state index in [1.54, 1.807) is 0 Å². The molecule has 3 rings (SSSR count). The van der Waals surface area contributed by atoms with Crippen molar-refractivity contribution in [2.45, 2.75) is 36.7 Å². The van der Waals surface area contributed by atoms with E-state index in [-0.39, 0.29) is 22.2 Å². The quantitative estimate of drug-likeness (QED) is 0.510. The van der Waals surface area contributed by atoms with Crippen LogP contribution < -0.4 is 15.4 Å². The van der Waals surface area contributed by atoms with E-state index < -0.39 is 16.1 Å². The van der Waals surface area contributed by atoms with Crippen LogP contribution in [0.1, 0.15) is 20.3 Å². The summed E-state index contributed by atoms with van der Waals surface area (Å²) in [6.45, 7) is 6.45. The molecule has 31 heavy (non-hydrogen) atoms. The lowest BCUT2D eigenvalue weighted by molar-refractivity contribution is -0.123. The fourth-order valence-electron chi connectivity index (χ4n) is 3.81. The van der Waals surface area contributed by atoms with Crippen molar-refractivity contribution in [3.05, 3.63) is 24.3 Å². The van der Waals surface area contributed by atoms with Crippen molar-refractivity contribution >= 4 is 39.3 Å². The highest BCUT2D eigenvalue weighted by molar-refractivity contribution is 7.99. The van der Waals surface area contributed by atoms with E-state index in [4.69, 9.17) is 4.74 Å². The molecule has 0 radical (unpaired) electrons. The van der Waals surface area contributed by atoms with Gasteiger partial charge in [0.25, 0.3) is 0 Å². The first kappa shape index (κ1) is 24.0. The maximum atomic E-state index is 12.7. The number of rotatable bonds is 8. The second-order valence-corrected chi connectivity index (χ2v) is 10.7. The monoisotopic (exact) mass is 470 g/mol. The number of thioether (sulfide) groups is 1. The van der Waals surface area contributed by atoms with Crippen LogP contribution in [0.2, 0.25) is 0 Å². The number of anilines is 1. The van der Waals surface area contributed by atoms with Crippen molar-refractivity contribution in [1.82, 2.24) is 14.9 Å².